The lowest BCUT2D eigenvalue weighted by Gasteiger charge is -2.33. The predicted octanol–water partition coefficient (Wildman–Crippen LogP) is 4.56. The van der Waals surface area contributed by atoms with E-state index in [0.717, 1.165) is 25.0 Å². The highest BCUT2D eigenvalue weighted by Gasteiger charge is 2.42. The molecule has 3 heterocycles. The number of aromatic nitrogens is 1. The van der Waals surface area contributed by atoms with E-state index in [0.29, 0.717) is 53.5 Å². The van der Waals surface area contributed by atoms with Gasteiger partial charge in [-0.05, 0) is 31.1 Å². The largest absolute Gasteiger partial charge is 0.398 e. The van der Waals surface area contributed by atoms with Crippen molar-refractivity contribution >= 4 is 45.0 Å². The van der Waals surface area contributed by atoms with Crippen LogP contribution in [0.15, 0.2) is 62.8 Å². The van der Waals surface area contributed by atoms with Crippen LogP contribution in [0.1, 0.15) is 55.1 Å². The Morgan fingerprint density at radius 1 is 1.32 bits per heavy atom. The van der Waals surface area contributed by atoms with Crippen LogP contribution in [0.25, 0.3) is 0 Å². The first-order valence-electron chi connectivity index (χ1n) is 12.6. The summed E-state index contributed by atoms with van der Waals surface area (Å²) in [6.07, 6.45) is 9.70. The lowest BCUT2D eigenvalue weighted by Crippen LogP contribution is -2.43. The molecule has 3 N–H and O–H groups in total. The van der Waals surface area contributed by atoms with Gasteiger partial charge in [-0.25, -0.2) is 22.5 Å². The smallest absolute Gasteiger partial charge is 0.214 e. The standard InChI is InChI=1S/C26H30ClFN6O2S2/c1-30-10-9-21(29)23-22-14-17(33-38(35,36)18-5-3-2-4-6-18)15-34(22)25(26-31-11-12-37-26)32-24(23)19-8-7-16(28)13-20(19)27/h7-13,17-18,24,33H,2-6,14-15,29H2,1H3/t17-,24-/m0/s1. The zero-order chi connectivity index (χ0) is 26.9. The minimum absolute atomic E-state index is 0.230. The van der Waals surface area contributed by atoms with Crippen LogP contribution in [0, 0.1) is 5.82 Å². The molecule has 1 aliphatic carbocycles. The molecule has 0 spiro atoms. The molecule has 202 valence electrons. The summed E-state index contributed by atoms with van der Waals surface area (Å²) < 4.78 is 43.5. The van der Waals surface area contributed by atoms with Crippen LogP contribution in [-0.4, -0.2) is 55.2 Å². The fourth-order valence-corrected chi connectivity index (χ4v) is 8.11. The van der Waals surface area contributed by atoms with Crippen molar-refractivity contribution in [3.8, 4) is 0 Å². The molecule has 1 aromatic heterocycles. The zero-order valence-corrected chi connectivity index (χ0v) is 23.4. The third-order valence-corrected chi connectivity index (χ3v) is 10.3. The average Bonchev–Trinajstić information content (AvgIpc) is 3.57. The number of nitrogens with one attached hydrogen (secondary N) is 1. The normalized spacial score (nSPS) is 23.3. The van der Waals surface area contributed by atoms with Crippen LogP contribution < -0.4 is 10.5 Å². The molecule has 5 rings (SSSR count). The highest BCUT2D eigenvalue weighted by atomic mass is 35.5. The summed E-state index contributed by atoms with van der Waals surface area (Å²) in [5.74, 6) is 0.162. The molecule has 38 heavy (non-hydrogen) atoms. The molecule has 12 heteroatoms. The number of amidine groups is 1. The second-order valence-corrected chi connectivity index (χ2v) is 13.0. The quantitative estimate of drug-likeness (QED) is 0.469. The van der Waals surface area contributed by atoms with Crippen molar-refractivity contribution in [2.45, 2.75) is 55.9 Å². The minimum atomic E-state index is -3.49. The summed E-state index contributed by atoms with van der Waals surface area (Å²) >= 11 is 7.96. The van der Waals surface area contributed by atoms with Crippen molar-refractivity contribution < 1.29 is 12.8 Å². The SMILES string of the molecule is CN=CC=C(N)C1=C2C[C@H](NS(=O)(=O)C3CCCCC3)CN2C(c2nccs2)=N[C@H]1c1ccc(F)cc1Cl. The van der Waals surface area contributed by atoms with Gasteiger partial charge in [0.1, 0.15) is 11.9 Å². The van der Waals surface area contributed by atoms with Crippen LogP contribution in [0.5, 0.6) is 0 Å². The van der Waals surface area contributed by atoms with E-state index in [1.54, 1.807) is 31.6 Å². The molecule has 2 fully saturated rings. The van der Waals surface area contributed by atoms with E-state index < -0.39 is 21.9 Å². The number of benzene rings is 1. The monoisotopic (exact) mass is 576 g/mol. The Labute approximate surface area is 231 Å². The van der Waals surface area contributed by atoms with Gasteiger partial charge < -0.3 is 10.6 Å². The molecule has 2 atom stereocenters. The van der Waals surface area contributed by atoms with Gasteiger partial charge in [0.25, 0.3) is 0 Å². The lowest BCUT2D eigenvalue weighted by molar-refractivity contribution is 0.466. The number of aliphatic imine (C=N–C) groups is 2. The molecule has 1 aromatic carbocycles. The van der Waals surface area contributed by atoms with E-state index in [4.69, 9.17) is 22.3 Å². The van der Waals surface area contributed by atoms with Gasteiger partial charge in [-0.1, -0.05) is 36.9 Å². The van der Waals surface area contributed by atoms with Crippen molar-refractivity contribution in [2.75, 3.05) is 13.6 Å². The number of nitrogens with two attached hydrogens (primary N) is 1. The maximum absolute atomic E-state index is 13.9. The molecular formula is C26H30ClFN6O2S2. The maximum atomic E-state index is 13.9. The molecule has 8 nitrogen and oxygen atoms in total. The third-order valence-electron chi connectivity index (χ3n) is 7.18. The number of allylic oxidation sites excluding steroid dienone is 1. The number of hydrogen-bond acceptors (Lipinski definition) is 8. The molecule has 2 aromatic rings. The Morgan fingerprint density at radius 3 is 2.79 bits per heavy atom. The topological polar surface area (TPSA) is 113 Å². The molecule has 3 aliphatic rings. The third kappa shape index (κ3) is 5.42. The second kappa shape index (κ2) is 11.3. The Morgan fingerprint density at radius 2 is 2.11 bits per heavy atom. The van der Waals surface area contributed by atoms with Crippen molar-refractivity contribution in [3.63, 3.8) is 0 Å². The predicted molar refractivity (Wildman–Crippen MR) is 151 cm³/mol. The molecule has 1 saturated carbocycles. The van der Waals surface area contributed by atoms with E-state index in [-0.39, 0.29) is 16.3 Å². The van der Waals surface area contributed by atoms with E-state index in [1.807, 2.05) is 10.3 Å². The van der Waals surface area contributed by atoms with E-state index in [2.05, 4.69) is 14.7 Å². The number of thiazole rings is 1. The fourth-order valence-electron chi connectivity index (χ4n) is 5.43. The summed E-state index contributed by atoms with van der Waals surface area (Å²) in [6.45, 7) is 0.391. The number of fused-ring (bicyclic) bond motifs is 1. The van der Waals surface area contributed by atoms with Gasteiger partial charge in [-0.15, -0.1) is 11.3 Å². The van der Waals surface area contributed by atoms with Crippen LogP contribution in [0.4, 0.5) is 4.39 Å². The lowest BCUT2D eigenvalue weighted by atomic mass is 9.92. The minimum Gasteiger partial charge on any atom is -0.398 e. The van der Waals surface area contributed by atoms with E-state index >= 15 is 0 Å². The molecule has 2 aliphatic heterocycles. The first-order chi connectivity index (χ1) is 18.3. The van der Waals surface area contributed by atoms with Gasteiger partial charge in [-0.2, -0.15) is 0 Å². The van der Waals surface area contributed by atoms with Gasteiger partial charge in [0.05, 0.1) is 5.25 Å². The number of halogens is 2. The van der Waals surface area contributed by atoms with E-state index in [9.17, 15) is 12.8 Å². The maximum Gasteiger partial charge on any atom is 0.214 e. The van der Waals surface area contributed by atoms with Crippen molar-refractivity contribution in [1.29, 1.82) is 0 Å². The molecule has 0 unspecified atom stereocenters. The Balaban J connectivity index is 1.60. The van der Waals surface area contributed by atoms with Gasteiger partial charge >= 0.3 is 0 Å². The van der Waals surface area contributed by atoms with Crippen LogP contribution in [0.3, 0.4) is 0 Å². The van der Waals surface area contributed by atoms with Gasteiger partial charge in [-0.3, -0.25) is 9.98 Å². The van der Waals surface area contributed by atoms with Crippen molar-refractivity contribution in [2.24, 2.45) is 15.7 Å². The fraction of sp³-hybridized carbons (Fsp3) is 0.423. The summed E-state index contributed by atoms with van der Waals surface area (Å²) in [7, 11) is -1.85. The summed E-state index contributed by atoms with van der Waals surface area (Å²) in [6, 6.07) is 3.21. The van der Waals surface area contributed by atoms with Gasteiger partial charge in [0, 0.05) is 71.4 Å². The number of sulfonamides is 1. The van der Waals surface area contributed by atoms with Crippen molar-refractivity contribution in [3.05, 3.63) is 74.2 Å². The second-order valence-electron chi connectivity index (χ2n) is 9.68. The van der Waals surface area contributed by atoms with Gasteiger partial charge in [0.2, 0.25) is 10.0 Å². The zero-order valence-electron chi connectivity index (χ0n) is 21.0. The summed E-state index contributed by atoms with van der Waals surface area (Å²) in [5.41, 5.74) is 9.16. The molecule has 0 radical (unpaired) electrons. The Bertz CT molecular complexity index is 1420. The van der Waals surface area contributed by atoms with Crippen LogP contribution in [-0.2, 0) is 10.0 Å². The van der Waals surface area contributed by atoms with Crippen LogP contribution in [0.2, 0.25) is 5.02 Å². The van der Waals surface area contributed by atoms with E-state index in [1.165, 1.54) is 23.5 Å². The first-order valence-corrected chi connectivity index (χ1v) is 15.4. The highest BCUT2D eigenvalue weighted by molar-refractivity contribution is 7.90. The van der Waals surface area contributed by atoms with Crippen molar-refractivity contribution in [1.82, 2.24) is 14.6 Å². The Kier molecular flexibility index (Phi) is 7.99. The Hall–Kier alpha value is -2.60. The molecular weight excluding hydrogens is 547 g/mol. The summed E-state index contributed by atoms with van der Waals surface area (Å²) in [4.78, 5) is 15.5. The first kappa shape index (κ1) is 27.0. The number of rotatable bonds is 7. The molecule has 0 bridgehead atoms. The average molecular weight is 577 g/mol. The number of nitrogens with zero attached hydrogens (tertiary/aromatic N) is 4. The highest BCUT2D eigenvalue weighted by Crippen LogP contribution is 2.44. The van der Waals surface area contributed by atoms with Gasteiger partial charge in [0.15, 0.2) is 10.8 Å². The van der Waals surface area contributed by atoms with Crippen LogP contribution >= 0.6 is 22.9 Å². The molecule has 1 saturated heterocycles. The number of hydrogen-bond donors (Lipinski definition) is 2. The molecule has 0 amide bonds. The summed E-state index contributed by atoms with van der Waals surface area (Å²) in [5, 5.41) is 2.42.